The molecule has 0 saturated carbocycles. The molecule has 0 aliphatic carbocycles. The van der Waals surface area contributed by atoms with Crippen molar-refractivity contribution in [2.75, 3.05) is 0 Å². The molecule has 0 aliphatic heterocycles. The van der Waals surface area contributed by atoms with Gasteiger partial charge in [-0.1, -0.05) is 29.7 Å². The minimum Gasteiger partial charge on any atom is -0.483 e. The fraction of sp³-hybridized carbons (Fsp3) is 0.571. The second kappa shape index (κ2) is 308. The largest absolute Gasteiger partial charge is 0.483 e. The fourth-order valence-corrected chi connectivity index (χ4v) is 0. The van der Waals surface area contributed by atoms with Gasteiger partial charge >= 0.3 is 12.6 Å². The highest BCUT2D eigenvalue weighted by Gasteiger charge is 1.47. The SMILES string of the molecule is C.C.C.C.O.O=C=O.O=CO.O=COO.[HH]. The minimum atomic E-state index is -0.250. The van der Waals surface area contributed by atoms with Crippen molar-refractivity contribution in [2.24, 2.45) is 0 Å². The molecule has 0 aromatic rings. The Balaban J connectivity index is -0.00000000558. The maximum atomic E-state index is 8.70. The first kappa shape index (κ1) is 72.2. The maximum absolute atomic E-state index is 8.70. The molecule has 0 unspecified atom stereocenters. The van der Waals surface area contributed by atoms with Crippen molar-refractivity contribution in [1.29, 1.82) is 0 Å². The Morgan fingerprint density at radius 3 is 1.13 bits per heavy atom. The molecule has 0 amide bonds. The third kappa shape index (κ3) is 2220. The minimum absolute atomic E-state index is 0. The third-order valence-corrected chi connectivity index (χ3v) is 0.0430. The van der Waals surface area contributed by atoms with Crippen LogP contribution in [0.3, 0.4) is 0 Å². The molecule has 8 heteroatoms. The molecule has 0 fully saturated rings. The van der Waals surface area contributed by atoms with Crippen LogP contribution in [-0.4, -0.2) is 34.9 Å². The number of carbonyl (C=O) groups is 2. The second-order valence-corrected chi connectivity index (χ2v) is 0.390. The summed E-state index contributed by atoms with van der Waals surface area (Å²) in [6, 6.07) is 0. The van der Waals surface area contributed by atoms with Crippen molar-refractivity contribution >= 4 is 19.1 Å². The van der Waals surface area contributed by atoms with Gasteiger partial charge in [-0.05, 0) is 0 Å². The van der Waals surface area contributed by atoms with E-state index < -0.39 is 0 Å². The monoisotopic (exact) mass is 236 g/mol. The average Bonchev–Trinajstić information content (AvgIpc) is 1.91. The van der Waals surface area contributed by atoms with Gasteiger partial charge in [0.1, 0.15) is 0 Å². The third-order valence-electron chi connectivity index (χ3n) is 0.0430. The number of hydrogen-bond donors (Lipinski definition) is 2. The molecule has 0 saturated heterocycles. The van der Waals surface area contributed by atoms with Crippen molar-refractivity contribution in [2.45, 2.75) is 29.7 Å². The van der Waals surface area contributed by atoms with Crippen LogP contribution < -0.4 is 0 Å². The van der Waals surface area contributed by atoms with Gasteiger partial charge in [0.15, 0.2) is 0 Å². The number of rotatable bonds is 1. The lowest BCUT2D eigenvalue weighted by Gasteiger charge is -1.63. The van der Waals surface area contributed by atoms with Crippen LogP contribution in [-0.2, 0) is 24.1 Å². The first-order valence-corrected chi connectivity index (χ1v) is 1.56. The summed E-state index contributed by atoms with van der Waals surface area (Å²) < 4.78 is 0. The number of hydrogen-bond acceptors (Lipinski definition) is 6. The summed E-state index contributed by atoms with van der Waals surface area (Å²) in [4.78, 5) is 36.2. The molecular formula is C7H24O8. The summed E-state index contributed by atoms with van der Waals surface area (Å²) in [5.74, 6) is 0. The van der Waals surface area contributed by atoms with Crippen molar-refractivity contribution in [3.8, 4) is 0 Å². The maximum Gasteiger partial charge on any atom is 0.373 e. The summed E-state index contributed by atoms with van der Waals surface area (Å²) in [7, 11) is 0. The molecule has 100 valence electrons. The quantitative estimate of drug-likeness (QED) is 0.386. The highest BCUT2D eigenvalue weighted by Crippen LogP contribution is 1.33. The zero-order valence-electron chi connectivity index (χ0n) is 5.09. The van der Waals surface area contributed by atoms with Crippen LogP contribution in [0.1, 0.15) is 31.1 Å². The van der Waals surface area contributed by atoms with Gasteiger partial charge in [0.05, 0.1) is 0 Å². The van der Waals surface area contributed by atoms with Gasteiger partial charge in [-0.2, -0.15) is 9.59 Å². The van der Waals surface area contributed by atoms with Gasteiger partial charge in [-0.15, -0.1) is 0 Å². The number of carboxylic acid groups (broad SMARTS) is 1. The topological polar surface area (TPSA) is 149 Å². The Morgan fingerprint density at radius 1 is 1.07 bits per heavy atom. The molecular weight excluding hydrogens is 212 g/mol. The van der Waals surface area contributed by atoms with Crippen LogP contribution in [0.15, 0.2) is 0 Å². The van der Waals surface area contributed by atoms with Crippen LogP contribution >= 0.6 is 0 Å². The Bertz CT molecular complexity index is 103. The zero-order chi connectivity index (χ0) is 8.83. The van der Waals surface area contributed by atoms with E-state index >= 15 is 0 Å². The van der Waals surface area contributed by atoms with Gasteiger partial charge in [-0.25, -0.2) is 5.26 Å². The van der Waals surface area contributed by atoms with E-state index in [1.165, 1.54) is 0 Å². The molecule has 0 spiro atoms. The molecule has 0 aliphatic rings. The van der Waals surface area contributed by atoms with Crippen molar-refractivity contribution in [3.05, 3.63) is 0 Å². The number of carbonyl (C=O) groups excluding carboxylic acids is 3. The fourth-order valence-electron chi connectivity index (χ4n) is 0. The Kier molecular flexibility index (Phi) is 1480. The molecule has 0 atom stereocenters. The standard InChI is InChI=1S/CH2O3.CH2O2.CO2.4CH4.H2O.H2/c2-1-4-3;2*2-1-3;;;;;;/h1,3H;1H,(H,2,3);;4*1H4;1H2;1H. The Morgan fingerprint density at radius 2 is 1.13 bits per heavy atom. The lowest BCUT2D eigenvalue weighted by Crippen LogP contribution is -1.69. The van der Waals surface area contributed by atoms with E-state index in [4.69, 9.17) is 29.5 Å². The van der Waals surface area contributed by atoms with Gasteiger partial charge in [-0.3, -0.25) is 9.59 Å². The van der Waals surface area contributed by atoms with Gasteiger partial charge < -0.3 is 15.5 Å². The average molecular weight is 236 g/mol. The van der Waals surface area contributed by atoms with Crippen LogP contribution in [0.5, 0.6) is 0 Å². The summed E-state index contributed by atoms with van der Waals surface area (Å²) in [5, 5.41) is 13.9. The van der Waals surface area contributed by atoms with E-state index in [-0.39, 0.29) is 55.7 Å². The van der Waals surface area contributed by atoms with Crippen LogP contribution in [0.2, 0.25) is 0 Å². The highest BCUT2D eigenvalue weighted by atomic mass is 17.1. The Hall–Kier alpha value is -1.76. The molecule has 15 heavy (non-hydrogen) atoms. The Labute approximate surface area is 91.2 Å². The van der Waals surface area contributed by atoms with E-state index in [2.05, 4.69) is 4.89 Å². The van der Waals surface area contributed by atoms with Gasteiger partial charge in [0.2, 0.25) is 0 Å². The molecule has 0 heterocycles. The predicted octanol–water partition coefficient (Wildman–Crippen LogP) is 0.715. The molecule has 4 N–H and O–H groups in total. The first-order chi connectivity index (χ1) is 4.74. The zero-order valence-corrected chi connectivity index (χ0v) is 5.09. The summed E-state index contributed by atoms with van der Waals surface area (Å²) in [6.07, 6.45) is 0.250. The van der Waals surface area contributed by atoms with Crippen LogP contribution in [0, 0.1) is 0 Å². The van der Waals surface area contributed by atoms with Crippen LogP contribution in [0.4, 0.5) is 0 Å². The van der Waals surface area contributed by atoms with Gasteiger partial charge in [0.25, 0.3) is 6.47 Å². The van der Waals surface area contributed by atoms with E-state index in [0.717, 1.165) is 0 Å². The summed E-state index contributed by atoms with van der Waals surface area (Å²) in [5.41, 5.74) is 0. The smallest absolute Gasteiger partial charge is 0.373 e. The van der Waals surface area contributed by atoms with Crippen molar-refractivity contribution in [1.82, 2.24) is 0 Å². The molecule has 0 bridgehead atoms. The highest BCUT2D eigenvalue weighted by molar-refractivity contribution is 5.35. The van der Waals surface area contributed by atoms with E-state index in [9.17, 15) is 0 Å². The molecule has 8 nitrogen and oxygen atoms in total. The van der Waals surface area contributed by atoms with Crippen LogP contribution in [0.25, 0.3) is 0 Å². The molecule has 0 rings (SSSR count). The van der Waals surface area contributed by atoms with Crippen molar-refractivity contribution in [3.63, 3.8) is 0 Å². The van der Waals surface area contributed by atoms with Crippen molar-refractivity contribution < 1.29 is 41.3 Å². The van der Waals surface area contributed by atoms with E-state index in [1.807, 2.05) is 0 Å². The normalized spacial score (nSPS) is 2.73. The van der Waals surface area contributed by atoms with E-state index in [1.54, 1.807) is 0 Å². The first-order valence-electron chi connectivity index (χ1n) is 1.56. The second-order valence-electron chi connectivity index (χ2n) is 0.390. The summed E-state index contributed by atoms with van der Waals surface area (Å²) in [6.45, 7) is -0.319. The molecule has 0 radical (unpaired) electrons. The molecule has 0 aromatic heterocycles. The summed E-state index contributed by atoms with van der Waals surface area (Å²) >= 11 is 0. The predicted molar refractivity (Wildman–Crippen MR) is 56.1 cm³/mol. The van der Waals surface area contributed by atoms with E-state index in [0.29, 0.717) is 0 Å². The van der Waals surface area contributed by atoms with Gasteiger partial charge in [0, 0.05) is 1.43 Å². The molecule has 0 aromatic carbocycles. The lowest BCUT2D eigenvalue weighted by atomic mass is 11.7. The lowest BCUT2D eigenvalue weighted by molar-refractivity contribution is -0.217.